The van der Waals surface area contributed by atoms with Gasteiger partial charge in [0, 0.05) is 24.5 Å². The van der Waals surface area contributed by atoms with E-state index < -0.39 is 0 Å². The Labute approximate surface area is 110 Å². The summed E-state index contributed by atoms with van der Waals surface area (Å²) < 4.78 is 2.16. The van der Waals surface area contributed by atoms with Crippen molar-refractivity contribution < 1.29 is 0 Å². The molecule has 1 fully saturated rings. The number of likely N-dealkylation sites (tertiary alicyclic amines) is 1. The molecule has 2 unspecified atom stereocenters. The highest BCUT2D eigenvalue weighted by Crippen LogP contribution is 2.34. The Balaban J connectivity index is 2.26. The molecule has 1 aromatic rings. The quantitative estimate of drug-likeness (QED) is 0.871. The number of nitrogens with two attached hydrogens (primary N) is 1. The number of imidazole rings is 1. The molecule has 2 rings (SSSR count). The van der Waals surface area contributed by atoms with Crippen LogP contribution >= 0.6 is 0 Å². The summed E-state index contributed by atoms with van der Waals surface area (Å²) in [5.41, 5.74) is 6.58. The van der Waals surface area contributed by atoms with Crippen LogP contribution < -0.4 is 5.73 Å². The van der Waals surface area contributed by atoms with Crippen molar-refractivity contribution >= 4 is 0 Å². The highest BCUT2D eigenvalue weighted by Gasteiger charge is 2.39. The average Bonchev–Trinajstić information content (AvgIpc) is 3.06. The Hall–Kier alpha value is -0.870. The van der Waals surface area contributed by atoms with Crippen LogP contribution in [0, 0.1) is 0 Å². The van der Waals surface area contributed by atoms with Gasteiger partial charge in [-0.05, 0) is 46.2 Å². The fourth-order valence-corrected chi connectivity index (χ4v) is 3.01. The molecule has 2 N–H and O–H groups in total. The van der Waals surface area contributed by atoms with Crippen LogP contribution in [-0.2, 0) is 6.54 Å². The van der Waals surface area contributed by atoms with Gasteiger partial charge in [-0.2, -0.15) is 0 Å². The van der Waals surface area contributed by atoms with Crippen molar-refractivity contribution in [1.82, 2.24) is 14.5 Å². The van der Waals surface area contributed by atoms with Gasteiger partial charge in [0.2, 0.25) is 0 Å². The second-order valence-corrected chi connectivity index (χ2v) is 5.45. The maximum atomic E-state index is 6.56. The van der Waals surface area contributed by atoms with Crippen molar-refractivity contribution in [2.75, 3.05) is 13.1 Å². The van der Waals surface area contributed by atoms with Crippen LogP contribution in [0.25, 0.3) is 0 Å². The summed E-state index contributed by atoms with van der Waals surface area (Å²) in [4.78, 5) is 7.03. The highest BCUT2D eigenvalue weighted by atomic mass is 15.2. The van der Waals surface area contributed by atoms with Crippen molar-refractivity contribution in [3.05, 3.63) is 18.2 Å². The molecule has 0 bridgehead atoms. The molecule has 18 heavy (non-hydrogen) atoms. The van der Waals surface area contributed by atoms with Gasteiger partial charge in [0.1, 0.15) is 5.82 Å². The van der Waals surface area contributed by atoms with E-state index in [1.807, 2.05) is 12.4 Å². The fourth-order valence-electron chi connectivity index (χ4n) is 3.01. The minimum Gasteiger partial charge on any atom is -0.334 e. The summed E-state index contributed by atoms with van der Waals surface area (Å²) in [6.45, 7) is 9.94. The maximum absolute atomic E-state index is 6.56. The van der Waals surface area contributed by atoms with E-state index >= 15 is 0 Å². The second kappa shape index (κ2) is 5.41. The summed E-state index contributed by atoms with van der Waals surface area (Å²) in [6, 6.07) is -0.0180. The third kappa shape index (κ3) is 2.19. The smallest absolute Gasteiger partial charge is 0.127 e. The van der Waals surface area contributed by atoms with E-state index in [-0.39, 0.29) is 11.6 Å². The van der Waals surface area contributed by atoms with Crippen molar-refractivity contribution in [2.24, 2.45) is 5.73 Å². The molecule has 4 nitrogen and oxygen atoms in total. The lowest BCUT2D eigenvalue weighted by molar-refractivity contribution is 0.0954. The van der Waals surface area contributed by atoms with E-state index in [1.54, 1.807) is 0 Å². The molecule has 2 atom stereocenters. The zero-order valence-corrected chi connectivity index (χ0v) is 11.9. The normalized spacial score (nSPS) is 22.0. The van der Waals surface area contributed by atoms with Crippen molar-refractivity contribution in [3.8, 4) is 0 Å². The first kappa shape index (κ1) is 13.6. The molecule has 1 aromatic heterocycles. The predicted molar refractivity (Wildman–Crippen MR) is 74.3 cm³/mol. The molecular weight excluding hydrogens is 224 g/mol. The van der Waals surface area contributed by atoms with Crippen LogP contribution in [0.2, 0.25) is 0 Å². The summed E-state index contributed by atoms with van der Waals surface area (Å²) in [5, 5.41) is 0. The van der Waals surface area contributed by atoms with Gasteiger partial charge < -0.3 is 10.3 Å². The van der Waals surface area contributed by atoms with E-state index in [1.165, 1.54) is 25.9 Å². The van der Waals surface area contributed by atoms with Gasteiger partial charge in [-0.3, -0.25) is 4.90 Å². The minimum absolute atomic E-state index is 0.0180. The largest absolute Gasteiger partial charge is 0.334 e. The minimum atomic E-state index is -0.0180. The Kier molecular flexibility index (Phi) is 4.07. The molecule has 102 valence electrons. The molecule has 1 saturated heterocycles. The van der Waals surface area contributed by atoms with E-state index in [9.17, 15) is 0 Å². The van der Waals surface area contributed by atoms with Crippen molar-refractivity contribution in [1.29, 1.82) is 0 Å². The first-order chi connectivity index (χ1) is 8.63. The van der Waals surface area contributed by atoms with Crippen LogP contribution in [0.1, 0.15) is 51.9 Å². The standard InChI is InChI=1S/C14H26N4/c1-4-14(3,18-9-6-7-10-18)12(15)13-16-8-11-17(13)5-2/h8,11-12H,4-7,9-10,15H2,1-3H3. The fraction of sp³-hybridized carbons (Fsp3) is 0.786. The summed E-state index contributed by atoms with van der Waals surface area (Å²) in [6.07, 6.45) is 7.54. The first-order valence-electron chi connectivity index (χ1n) is 7.15. The van der Waals surface area contributed by atoms with Crippen LogP contribution in [0.15, 0.2) is 12.4 Å². The van der Waals surface area contributed by atoms with Gasteiger partial charge in [-0.25, -0.2) is 4.98 Å². The summed E-state index contributed by atoms with van der Waals surface area (Å²) >= 11 is 0. The maximum Gasteiger partial charge on any atom is 0.127 e. The SMILES string of the molecule is CCn1ccnc1C(N)C(C)(CC)N1CCCC1. The number of aryl methyl sites for hydroxylation is 1. The molecule has 1 aliphatic rings. The number of hydrogen-bond donors (Lipinski definition) is 1. The Bertz CT molecular complexity index is 381. The zero-order valence-electron chi connectivity index (χ0n) is 11.9. The molecule has 0 spiro atoms. The van der Waals surface area contributed by atoms with Crippen LogP contribution in [-0.4, -0.2) is 33.1 Å². The van der Waals surface area contributed by atoms with E-state index in [2.05, 4.69) is 35.2 Å². The van der Waals surface area contributed by atoms with Gasteiger partial charge >= 0.3 is 0 Å². The Morgan fingerprint density at radius 1 is 1.39 bits per heavy atom. The topological polar surface area (TPSA) is 47.1 Å². The molecule has 0 amide bonds. The zero-order chi connectivity index (χ0) is 13.2. The Morgan fingerprint density at radius 3 is 2.61 bits per heavy atom. The molecular formula is C14H26N4. The van der Waals surface area contributed by atoms with Gasteiger partial charge in [-0.15, -0.1) is 0 Å². The number of aromatic nitrogens is 2. The molecule has 0 saturated carbocycles. The van der Waals surface area contributed by atoms with Crippen LogP contribution in [0.5, 0.6) is 0 Å². The predicted octanol–water partition coefficient (Wildman–Crippen LogP) is 2.17. The monoisotopic (exact) mass is 250 g/mol. The van der Waals surface area contributed by atoms with Crippen LogP contribution in [0.4, 0.5) is 0 Å². The third-order valence-electron chi connectivity index (χ3n) is 4.58. The van der Waals surface area contributed by atoms with E-state index in [0.717, 1.165) is 18.8 Å². The lowest BCUT2D eigenvalue weighted by atomic mass is 9.87. The van der Waals surface area contributed by atoms with Gasteiger partial charge in [-0.1, -0.05) is 6.92 Å². The first-order valence-corrected chi connectivity index (χ1v) is 7.15. The molecule has 0 aromatic carbocycles. The number of nitrogens with zero attached hydrogens (tertiary/aromatic N) is 3. The molecule has 0 radical (unpaired) electrons. The molecule has 0 aliphatic carbocycles. The summed E-state index contributed by atoms with van der Waals surface area (Å²) in [5.74, 6) is 1.02. The second-order valence-electron chi connectivity index (χ2n) is 5.45. The summed E-state index contributed by atoms with van der Waals surface area (Å²) in [7, 11) is 0. The molecule has 1 aliphatic heterocycles. The molecule has 2 heterocycles. The van der Waals surface area contributed by atoms with Gasteiger partial charge in [0.05, 0.1) is 6.04 Å². The Morgan fingerprint density at radius 2 is 2.06 bits per heavy atom. The van der Waals surface area contributed by atoms with Gasteiger partial charge in [0.15, 0.2) is 0 Å². The number of rotatable bonds is 5. The highest BCUT2D eigenvalue weighted by molar-refractivity contribution is 5.09. The number of hydrogen-bond acceptors (Lipinski definition) is 3. The lowest BCUT2D eigenvalue weighted by Crippen LogP contribution is -2.52. The average molecular weight is 250 g/mol. The van der Waals surface area contributed by atoms with E-state index in [0.29, 0.717) is 0 Å². The lowest BCUT2D eigenvalue weighted by Gasteiger charge is -2.42. The van der Waals surface area contributed by atoms with Crippen molar-refractivity contribution in [3.63, 3.8) is 0 Å². The third-order valence-corrected chi connectivity index (χ3v) is 4.58. The van der Waals surface area contributed by atoms with Crippen LogP contribution in [0.3, 0.4) is 0 Å². The molecule has 4 heteroatoms. The van der Waals surface area contributed by atoms with Gasteiger partial charge in [0.25, 0.3) is 0 Å². The van der Waals surface area contributed by atoms with E-state index in [4.69, 9.17) is 5.73 Å². The van der Waals surface area contributed by atoms with Crippen molar-refractivity contribution in [2.45, 2.75) is 58.2 Å².